The number of fused-ring (bicyclic) bond motifs is 1. The van der Waals surface area contributed by atoms with Crippen molar-refractivity contribution in [2.24, 2.45) is 0 Å². The molecule has 5 nitrogen and oxygen atoms in total. The molecule has 0 unspecified atom stereocenters. The predicted octanol–water partition coefficient (Wildman–Crippen LogP) is 4.09. The van der Waals surface area contributed by atoms with Gasteiger partial charge in [0.05, 0.1) is 29.1 Å². The van der Waals surface area contributed by atoms with E-state index in [2.05, 4.69) is 10.3 Å². The summed E-state index contributed by atoms with van der Waals surface area (Å²) in [5.41, 5.74) is -0.463. The van der Waals surface area contributed by atoms with Gasteiger partial charge in [0, 0.05) is 6.20 Å². The maximum atomic E-state index is 13.0. The lowest BCUT2D eigenvalue weighted by Crippen LogP contribution is -2.25. The lowest BCUT2D eigenvalue weighted by molar-refractivity contribution is -0.137. The summed E-state index contributed by atoms with van der Waals surface area (Å²) in [5.74, 6) is -0.0367. The quantitative estimate of drug-likeness (QED) is 0.751. The Morgan fingerprint density at radius 3 is 2.80 bits per heavy atom. The average molecular weight is 372 g/mol. The fraction of sp³-hybridized carbons (Fsp3) is 0.250. The molecule has 132 valence electrons. The van der Waals surface area contributed by atoms with Gasteiger partial charge < -0.3 is 9.73 Å². The van der Waals surface area contributed by atoms with Crippen molar-refractivity contribution in [3.63, 3.8) is 0 Å². The van der Waals surface area contributed by atoms with Gasteiger partial charge in [0.1, 0.15) is 11.5 Å². The van der Waals surface area contributed by atoms with Gasteiger partial charge in [-0.2, -0.15) is 13.2 Å². The van der Waals surface area contributed by atoms with Gasteiger partial charge in [0.15, 0.2) is 5.65 Å². The number of furan rings is 1. The number of pyridine rings is 1. The molecule has 0 aliphatic rings. The van der Waals surface area contributed by atoms with E-state index in [-0.39, 0.29) is 22.9 Å². The third kappa shape index (κ3) is 3.34. The Morgan fingerprint density at radius 1 is 1.44 bits per heavy atom. The average Bonchev–Trinajstić information content (AvgIpc) is 3.18. The molecule has 0 aliphatic heterocycles. The number of aryl methyl sites for hydroxylation is 1. The number of hydrogen-bond acceptors (Lipinski definition) is 3. The standard InChI is InChI=1S/C16H13ClF3N3O2/c1-2-12-13(15(24)21-7-10-4-3-5-25-10)23-8-9(16(18,19)20)6-11(17)14(23)22-12/h3-6,8H,2,7H2,1H3,(H,21,24). The Balaban J connectivity index is 2.05. The normalized spacial score (nSPS) is 11.9. The van der Waals surface area contributed by atoms with Gasteiger partial charge in [-0.1, -0.05) is 18.5 Å². The molecule has 3 aromatic rings. The van der Waals surface area contributed by atoms with E-state index < -0.39 is 17.6 Å². The van der Waals surface area contributed by atoms with Crippen LogP contribution in [0, 0.1) is 0 Å². The van der Waals surface area contributed by atoms with Crippen molar-refractivity contribution in [1.82, 2.24) is 14.7 Å². The zero-order valence-electron chi connectivity index (χ0n) is 13.0. The van der Waals surface area contributed by atoms with E-state index in [4.69, 9.17) is 16.0 Å². The minimum absolute atomic E-state index is 0.0251. The lowest BCUT2D eigenvalue weighted by Gasteiger charge is -2.10. The van der Waals surface area contributed by atoms with Crippen LogP contribution in [0.1, 0.15) is 34.4 Å². The van der Waals surface area contributed by atoms with Crippen LogP contribution in [-0.2, 0) is 19.1 Å². The largest absolute Gasteiger partial charge is 0.467 e. The van der Waals surface area contributed by atoms with Crippen LogP contribution in [0.4, 0.5) is 13.2 Å². The summed E-state index contributed by atoms with van der Waals surface area (Å²) in [4.78, 5) is 16.7. The van der Waals surface area contributed by atoms with Crippen molar-refractivity contribution in [3.05, 3.63) is 58.4 Å². The number of carbonyl (C=O) groups is 1. The van der Waals surface area contributed by atoms with Crippen LogP contribution in [-0.4, -0.2) is 15.3 Å². The van der Waals surface area contributed by atoms with Gasteiger partial charge in [-0.05, 0) is 24.6 Å². The third-order valence-corrected chi connectivity index (χ3v) is 3.91. The molecule has 0 radical (unpaired) electrons. The maximum Gasteiger partial charge on any atom is 0.417 e. The van der Waals surface area contributed by atoms with E-state index in [0.29, 0.717) is 17.9 Å². The van der Waals surface area contributed by atoms with Crippen molar-refractivity contribution in [3.8, 4) is 0 Å². The molecule has 3 rings (SSSR count). The summed E-state index contributed by atoms with van der Waals surface area (Å²) in [6, 6.07) is 4.14. The first kappa shape index (κ1) is 17.3. The first-order chi connectivity index (χ1) is 11.8. The molecule has 0 aromatic carbocycles. The zero-order chi connectivity index (χ0) is 18.2. The number of carbonyl (C=O) groups excluding carboxylic acids is 1. The molecule has 0 fully saturated rings. The number of aromatic nitrogens is 2. The Morgan fingerprint density at radius 2 is 2.20 bits per heavy atom. The molecule has 1 amide bonds. The molecule has 0 saturated heterocycles. The molecule has 3 heterocycles. The van der Waals surface area contributed by atoms with Crippen molar-refractivity contribution >= 4 is 23.2 Å². The predicted molar refractivity (Wildman–Crippen MR) is 84.5 cm³/mol. The summed E-state index contributed by atoms with van der Waals surface area (Å²) in [6.07, 6.45) is -1.93. The molecule has 0 saturated carbocycles. The van der Waals surface area contributed by atoms with Gasteiger partial charge >= 0.3 is 6.18 Å². The van der Waals surface area contributed by atoms with Crippen molar-refractivity contribution < 1.29 is 22.4 Å². The topological polar surface area (TPSA) is 59.5 Å². The second kappa shape index (κ2) is 6.44. The highest BCUT2D eigenvalue weighted by Crippen LogP contribution is 2.33. The summed E-state index contributed by atoms with van der Waals surface area (Å²) < 4.78 is 45.3. The lowest BCUT2D eigenvalue weighted by atomic mass is 10.2. The number of nitrogens with one attached hydrogen (secondary N) is 1. The number of nitrogens with zero attached hydrogens (tertiary/aromatic N) is 2. The smallest absolute Gasteiger partial charge is 0.417 e. The van der Waals surface area contributed by atoms with Crippen LogP contribution in [0.3, 0.4) is 0 Å². The molecule has 0 spiro atoms. The minimum Gasteiger partial charge on any atom is -0.467 e. The van der Waals surface area contributed by atoms with E-state index in [0.717, 1.165) is 16.7 Å². The van der Waals surface area contributed by atoms with Gasteiger partial charge in [-0.25, -0.2) is 4.98 Å². The third-order valence-electron chi connectivity index (χ3n) is 3.63. The molecule has 0 aliphatic carbocycles. The fourth-order valence-electron chi connectivity index (χ4n) is 2.46. The summed E-state index contributed by atoms with van der Waals surface area (Å²) in [6.45, 7) is 1.86. The molecule has 3 aromatic heterocycles. The van der Waals surface area contributed by atoms with Crippen LogP contribution in [0.25, 0.3) is 5.65 Å². The van der Waals surface area contributed by atoms with E-state index in [1.54, 1.807) is 19.1 Å². The molecule has 9 heteroatoms. The number of halogens is 4. The summed E-state index contributed by atoms with van der Waals surface area (Å²) >= 11 is 5.94. The van der Waals surface area contributed by atoms with E-state index in [1.165, 1.54) is 6.26 Å². The first-order valence-electron chi connectivity index (χ1n) is 7.39. The van der Waals surface area contributed by atoms with E-state index in [1.807, 2.05) is 0 Å². The Labute approximate surface area is 145 Å². The summed E-state index contributed by atoms with van der Waals surface area (Å²) in [5, 5.41) is 2.44. The zero-order valence-corrected chi connectivity index (χ0v) is 13.8. The van der Waals surface area contributed by atoms with Crippen LogP contribution in [0.5, 0.6) is 0 Å². The fourth-order valence-corrected chi connectivity index (χ4v) is 2.71. The number of rotatable bonds is 4. The number of alkyl halides is 3. The maximum absolute atomic E-state index is 13.0. The molecule has 0 atom stereocenters. The van der Waals surface area contributed by atoms with Gasteiger partial charge in [0.2, 0.25) is 0 Å². The van der Waals surface area contributed by atoms with Crippen LogP contribution >= 0.6 is 11.6 Å². The van der Waals surface area contributed by atoms with E-state index >= 15 is 0 Å². The Bertz CT molecular complexity index is 917. The van der Waals surface area contributed by atoms with E-state index in [9.17, 15) is 18.0 Å². The van der Waals surface area contributed by atoms with Crippen LogP contribution in [0.15, 0.2) is 35.1 Å². The van der Waals surface area contributed by atoms with Gasteiger partial charge in [-0.3, -0.25) is 9.20 Å². The summed E-state index contributed by atoms with van der Waals surface area (Å²) in [7, 11) is 0. The van der Waals surface area contributed by atoms with Crippen molar-refractivity contribution in [1.29, 1.82) is 0 Å². The SMILES string of the molecule is CCc1nc2c(Cl)cc(C(F)(F)F)cn2c1C(=O)NCc1ccco1. The van der Waals surface area contributed by atoms with Crippen molar-refractivity contribution in [2.45, 2.75) is 26.1 Å². The minimum atomic E-state index is -4.59. The van der Waals surface area contributed by atoms with Gasteiger partial charge in [-0.15, -0.1) is 0 Å². The molecule has 1 N–H and O–H groups in total. The molecule has 0 bridgehead atoms. The second-order valence-electron chi connectivity index (χ2n) is 5.29. The Hall–Kier alpha value is -2.48. The highest BCUT2D eigenvalue weighted by Gasteiger charge is 2.33. The van der Waals surface area contributed by atoms with Crippen LogP contribution in [0.2, 0.25) is 5.02 Å². The molecular formula is C16H13ClF3N3O2. The molecular weight excluding hydrogens is 359 g/mol. The van der Waals surface area contributed by atoms with Crippen LogP contribution < -0.4 is 5.32 Å². The number of imidazole rings is 1. The van der Waals surface area contributed by atoms with Crippen molar-refractivity contribution in [2.75, 3.05) is 0 Å². The number of hydrogen-bond donors (Lipinski definition) is 1. The highest BCUT2D eigenvalue weighted by atomic mass is 35.5. The Kier molecular flexibility index (Phi) is 4.47. The highest BCUT2D eigenvalue weighted by molar-refractivity contribution is 6.33. The monoisotopic (exact) mass is 371 g/mol. The first-order valence-corrected chi connectivity index (χ1v) is 7.77. The second-order valence-corrected chi connectivity index (χ2v) is 5.70. The number of amides is 1. The molecule has 25 heavy (non-hydrogen) atoms. The van der Waals surface area contributed by atoms with Gasteiger partial charge in [0.25, 0.3) is 5.91 Å².